The molecular weight excluding hydrogens is 668 g/mol. The predicted molar refractivity (Wildman–Crippen MR) is 181 cm³/mol. The van der Waals surface area contributed by atoms with Crippen LogP contribution in [0.2, 0.25) is 0 Å². The molecule has 3 heterocycles. The van der Waals surface area contributed by atoms with Crippen LogP contribution >= 0.6 is 27.3 Å². The Morgan fingerprint density at radius 2 is 1.76 bits per heavy atom. The predicted octanol–water partition coefficient (Wildman–Crippen LogP) is 5.82. The zero-order chi connectivity index (χ0) is 32.5. The first kappa shape index (κ1) is 31.3. The molecule has 0 aliphatic carbocycles. The molecule has 9 nitrogen and oxygen atoms in total. The standard InChI is InChI=1S/C35H31BrN4O5S/c1-20(2)45-34(42)30-21(3)37-35-40(32(30)22-11-14-26(43-4)15-12-22)33(41)29(46-35)18-24-19-39(25-9-7-6-8-10-25)38-31(24)23-13-16-28(44-5)27(36)17-23/h6-20,32H,1-5H3/b29-18-/t32-/m1/s1. The Morgan fingerprint density at radius 1 is 1.02 bits per heavy atom. The molecule has 1 atom stereocenters. The number of hydrogen-bond donors (Lipinski definition) is 0. The molecule has 1 aliphatic rings. The van der Waals surface area contributed by atoms with Crippen LogP contribution in [0.1, 0.15) is 37.9 Å². The molecule has 0 radical (unpaired) electrons. The average Bonchev–Trinajstić information content (AvgIpc) is 3.61. The van der Waals surface area contributed by atoms with E-state index in [-0.39, 0.29) is 11.7 Å². The number of hydrogen-bond acceptors (Lipinski definition) is 8. The van der Waals surface area contributed by atoms with Gasteiger partial charge in [0.25, 0.3) is 5.56 Å². The van der Waals surface area contributed by atoms with Crippen molar-refractivity contribution in [3.63, 3.8) is 0 Å². The maximum absolute atomic E-state index is 14.3. The van der Waals surface area contributed by atoms with E-state index in [1.54, 1.807) is 44.2 Å². The Kier molecular flexibility index (Phi) is 8.79. The molecule has 5 aromatic rings. The number of esters is 1. The van der Waals surface area contributed by atoms with Crippen molar-refractivity contribution < 1.29 is 19.0 Å². The van der Waals surface area contributed by atoms with Crippen molar-refractivity contribution >= 4 is 39.3 Å². The van der Waals surface area contributed by atoms with Gasteiger partial charge in [-0.25, -0.2) is 14.5 Å². The summed E-state index contributed by atoms with van der Waals surface area (Å²) in [5, 5.41) is 4.92. The second-order valence-electron chi connectivity index (χ2n) is 10.9. The fraction of sp³-hybridized carbons (Fsp3) is 0.200. The molecule has 3 aromatic carbocycles. The van der Waals surface area contributed by atoms with Gasteiger partial charge < -0.3 is 14.2 Å². The second-order valence-corrected chi connectivity index (χ2v) is 12.7. The van der Waals surface area contributed by atoms with Crippen LogP contribution < -0.4 is 24.4 Å². The SMILES string of the molecule is COc1ccc([C@@H]2C(C(=O)OC(C)C)=C(C)N=c3s/c(=C\c4cn(-c5ccccc5)nc4-c4ccc(OC)c(Br)c4)c(=O)n32)cc1. The van der Waals surface area contributed by atoms with Crippen molar-refractivity contribution in [3.8, 4) is 28.4 Å². The number of allylic oxidation sites excluding steroid dienone is 1. The van der Waals surface area contributed by atoms with Gasteiger partial charge in [-0.3, -0.25) is 9.36 Å². The van der Waals surface area contributed by atoms with Crippen molar-refractivity contribution in [1.82, 2.24) is 14.3 Å². The zero-order valence-corrected chi connectivity index (χ0v) is 28.3. The molecule has 0 saturated heterocycles. The molecule has 0 N–H and O–H groups in total. The van der Waals surface area contributed by atoms with Gasteiger partial charge in [0.15, 0.2) is 4.80 Å². The summed E-state index contributed by atoms with van der Waals surface area (Å²) in [7, 11) is 3.20. The van der Waals surface area contributed by atoms with E-state index in [9.17, 15) is 9.59 Å². The lowest BCUT2D eigenvalue weighted by Gasteiger charge is -2.25. The lowest BCUT2D eigenvalue weighted by atomic mass is 9.96. The fourth-order valence-corrected chi connectivity index (χ4v) is 6.93. The van der Waals surface area contributed by atoms with Gasteiger partial charge in [0.2, 0.25) is 0 Å². The van der Waals surface area contributed by atoms with Crippen LogP contribution in [-0.4, -0.2) is 40.6 Å². The molecule has 2 aromatic heterocycles. The molecule has 1 aliphatic heterocycles. The van der Waals surface area contributed by atoms with E-state index in [1.165, 1.54) is 11.3 Å². The highest BCUT2D eigenvalue weighted by Crippen LogP contribution is 2.33. The first-order valence-corrected chi connectivity index (χ1v) is 16.2. The molecule has 0 fully saturated rings. The minimum absolute atomic E-state index is 0.277. The van der Waals surface area contributed by atoms with Gasteiger partial charge in [-0.05, 0) is 90.8 Å². The summed E-state index contributed by atoms with van der Waals surface area (Å²) >= 11 is 4.85. The largest absolute Gasteiger partial charge is 0.497 e. The minimum atomic E-state index is -0.736. The topological polar surface area (TPSA) is 96.9 Å². The van der Waals surface area contributed by atoms with Crippen LogP contribution in [0, 0.1) is 0 Å². The van der Waals surface area contributed by atoms with Crippen LogP contribution in [0.15, 0.2) is 105 Å². The third-order valence-electron chi connectivity index (χ3n) is 7.49. The quantitative estimate of drug-likeness (QED) is 0.190. The Labute approximate surface area is 277 Å². The van der Waals surface area contributed by atoms with Crippen molar-refractivity contribution in [2.75, 3.05) is 14.2 Å². The molecule has 0 unspecified atom stereocenters. The van der Waals surface area contributed by atoms with Crippen LogP contribution in [-0.2, 0) is 9.53 Å². The molecule has 11 heteroatoms. The summed E-state index contributed by atoms with van der Waals surface area (Å²) < 4.78 is 21.0. The number of carbonyl (C=O) groups is 1. The molecule has 0 bridgehead atoms. The van der Waals surface area contributed by atoms with Gasteiger partial charge >= 0.3 is 5.97 Å². The lowest BCUT2D eigenvalue weighted by molar-refractivity contribution is -0.143. The van der Waals surface area contributed by atoms with Crippen molar-refractivity contribution in [3.05, 3.63) is 126 Å². The average molecular weight is 700 g/mol. The highest BCUT2D eigenvalue weighted by Gasteiger charge is 2.34. The van der Waals surface area contributed by atoms with Gasteiger partial charge in [-0.1, -0.05) is 41.7 Å². The van der Waals surface area contributed by atoms with E-state index in [4.69, 9.17) is 24.3 Å². The molecule has 46 heavy (non-hydrogen) atoms. The van der Waals surface area contributed by atoms with Gasteiger partial charge in [-0.2, -0.15) is 5.10 Å². The summed E-state index contributed by atoms with van der Waals surface area (Å²) in [6.45, 7) is 5.36. The number of para-hydroxylation sites is 1. The molecule has 234 valence electrons. The summed E-state index contributed by atoms with van der Waals surface area (Å²) in [5.74, 6) is 0.848. The number of halogens is 1. The molecular formula is C35H31BrN4O5S. The van der Waals surface area contributed by atoms with E-state index < -0.39 is 12.0 Å². The number of fused-ring (bicyclic) bond motifs is 1. The summed E-state index contributed by atoms with van der Waals surface area (Å²) in [6, 6.07) is 22.1. The lowest BCUT2D eigenvalue weighted by Crippen LogP contribution is -2.40. The first-order valence-electron chi connectivity index (χ1n) is 14.5. The summed E-state index contributed by atoms with van der Waals surface area (Å²) in [6.07, 6.45) is 3.39. The van der Waals surface area contributed by atoms with Gasteiger partial charge in [0.05, 0.1) is 52.3 Å². The van der Waals surface area contributed by atoms with Gasteiger partial charge in [0.1, 0.15) is 17.2 Å². The first-order chi connectivity index (χ1) is 22.2. The number of nitrogens with zero attached hydrogens (tertiary/aromatic N) is 4. The van der Waals surface area contributed by atoms with E-state index >= 15 is 0 Å². The van der Waals surface area contributed by atoms with Crippen LogP contribution in [0.4, 0.5) is 0 Å². The maximum Gasteiger partial charge on any atom is 0.338 e. The normalized spacial score (nSPS) is 14.7. The number of aromatic nitrogens is 3. The van der Waals surface area contributed by atoms with Gasteiger partial charge in [-0.15, -0.1) is 0 Å². The third kappa shape index (κ3) is 5.95. The number of methoxy groups -OCH3 is 2. The van der Waals surface area contributed by atoms with Crippen molar-refractivity contribution in [2.45, 2.75) is 32.9 Å². The summed E-state index contributed by atoms with van der Waals surface area (Å²) in [5.41, 5.74) is 4.41. The number of rotatable bonds is 8. The minimum Gasteiger partial charge on any atom is -0.497 e. The van der Waals surface area contributed by atoms with Gasteiger partial charge in [0, 0.05) is 17.3 Å². The van der Waals surface area contributed by atoms with E-state index in [0.717, 1.165) is 26.9 Å². The number of carbonyl (C=O) groups excluding carboxylic acids is 1. The Balaban J connectivity index is 1.55. The monoisotopic (exact) mass is 698 g/mol. The summed E-state index contributed by atoms with van der Waals surface area (Å²) in [4.78, 5) is 33.0. The molecule has 0 amide bonds. The van der Waals surface area contributed by atoms with Crippen LogP contribution in [0.5, 0.6) is 11.5 Å². The second kappa shape index (κ2) is 12.9. The highest BCUT2D eigenvalue weighted by atomic mass is 79.9. The van der Waals surface area contributed by atoms with E-state index in [1.807, 2.05) is 85.1 Å². The third-order valence-corrected chi connectivity index (χ3v) is 9.09. The fourth-order valence-electron chi connectivity index (χ4n) is 5.35. The Morgan fingerprint density at radius 3 is 2.41 bits per heavy atom. The Bertz CT molecular complexity index is 2150. The maximum atomic E-state index is 14.3. The van der Waals surface area contributed by atoms with E-state index in [0.29, 0.717) is 37.8 Å². The van der Waals surface area contributed by atoms with Crippen LogP contribution in [0.3, 0.4) is 0 Å². The Hall–Kier alpha value is -4.74. The van der Waals surface area contributed by atoms with Crippen molar-refractivity contribution in [2.24, 2.45) is 4.99 Å². The van der Waals surface area contributed by atoms with Crippen molar-refractivity contribution in [1.29, 1.82) is 0 Å². The molecule has 0 saturated carbocycles. The molecule has 6 rings (SSSR count). The highest BCUT2D eigenvalue weighted by molar-refractivity contribution is 9.10. The zero-order valence-electron chi connectivity index (χ0n) is 25.9. The van der Waals surface area contributed by atoms with Crippen LogP contribution in [0.25, 0.3) is 23.0 Å². The number of thiazole rings is 1. The molecule has 0 spiro atoms. The smallest absolute Gasteiger partial charge is 0.338 e. The number of benzene rings is 3. The number of ether oxygens (including phenoxy) is 3. The van der Waals surface area contributed by atoms with E-state index in [2.05, 4.69) is 15.9 Å².